The Morgan fingerprint density at radius 2 is 2.11 bits per heavy atom. The molecule has 1 rings (SSSR count). The Balaban J connectivity index is 0.00000289. The van der Waals surface area contributed by atoms with Crippen molar-refractivity contribution in [3.8, 4) is 0 Å². The minimum Gasteiger partial charge on any atom is -0.543 e. The van der Waals surface area contributed by atoms with E-state index in [-0.39, 0.29) is 24.6 Å². The Kier molecular flexibility index (Phi) is 6.93. The molecule has 0 saturated heterocycles. The predicted molar refractivity (Wildman–Crippen MR) is 65.4 cm³/mol. The van der Waals surface area contributed by atoms with E-state index in [9.17, 15) is 9.90 Å². The molecule has 7 heteroatoms. The van der Waals surface area contributed by atoms with E-state index in [2.05, 4.69) is 24.6 Å². The number of carboxylic acid groups (broad SMARTS) is 1. The Bertz CT molecular complexity index is 401. The molecule has 1 aromatic heterocycles. The van der Waals surface area contributed by atoms with Crippen LogP contribution in [0.4, 0.5) is 0 Å². The number of rotatable bonds is 6. The third-order valence-electron chi connectivity index (χ3n) is 2.52. The number of carboxylic acids is 1. The van der Waals surface area contributed by atoms with Crippen molar-refractivity contribution in [3.63, 3.8) is 0 Å². The van der Waals surface area contributed by atoms with Crippen LogP contribution >= 0.6 is 0 Å². The van der Waals surface area contributed by atoms with Gasteiger partial charge in [0, 0.05) is 20.4 Å². The molecule has 0 bridgehead atoms. The summed E-state index contributed by atoms with van der Waals surface area (Å²) in [6, 6.07) is 1.09. The van der Waals surface area contributed by atoms with E-state index in [4.69, 9.17) is 4.74 Å². The Morgan fingerprint density at radius 1 is 1.50 bits per heavy atom. The minimum absolute atomic E-state index is 0. The topological polar surface area (TPSA) is 67.2 Å². The van der Waals surface area contributed by atoms with Crippen LogP contribution in [0.3, 0.4) is 0 Å². The molecule has 18 heavy (non-hydrogen) atoms. The Labute approximate surface area is 121 Å². The number of carbonyl (C=O) groups excluding carboxylic acids is 1. The van der Waals surface area contributed by atoms with Crippen molar-refractivity contribution in [2.75, 3.05) is 6.61 Å². The van der Waals surface area contributed by atoms with Gasteiger partial charge in [-0.05, 0) is 13.0 Å². The van der Waals surface area contributed by atoms with Crippen molar-refractivity contribution in [2.45, 2.75) is 39.3 Å². The number of hydrogen-bond acceptors (Lipinski definition) is 4. The van der Waals surface area contributed by atoms with Gasteiger partial charge in [-0.15, -0.1) is 0 Å². The van der Waals surface area contributed by atoms with Crippen molar-refractivity contribution in [3.05, 3.63) is 17.7 Å². The van der Waals surface area contributed by atoms with E-state index in [1.54, 1.807) is 11.5 Å². The summed E-state index contributed by atoms with van der Waals surface area (Å²) in [6.07, 6.45) is 1.47. The van der Waals surface area contributed by atoms with E-state index in [1.165, 1.54) is 6.33 Å². The molecule has 0 spiro atoms. The fourth-order valence-electron chi connectivity index (χ4n) is 1.32. The van der Waals surface area contributed by atoms with Crippen LogP contribution in [0.1, 0.15) is 16.2 Å². The first-order valence-corrected chi connectivity index (χ1v) is 9.33. The summed E-state index contributed by atoms with van der Waals surface area (Å²) in [7, 11) is -1.08. The van der Waals surface area contributed by atoms with Crippen molar-refractivity contribution in [2.24, 2.45) is 0 Å². The summed E-state index contributed by atoms with van der Waals surface area (Å²) in [5, 5.41) is 10.7. The molecule has 0 amide bonds. The molecule has 5 nitrogen and oxygen atoms in total. The molecule has 0 radical (unpaired) electrons. The first-order valence-electron chi connectivity index (χ1n) is 5.62. The summed E-state index contributed by atoms with van der Waals surface area (Å²) in [5.41, 5.74) is 0.553. The zero-order chi connectivity index (χ0) is 13.1. The van der Waals surface area contributed by atoms with E-state index in [1.807, 2.05) is 0 Å². The maximum atomic E-state index is 10.7. The van der Waals surface area contributed by atoms with Crippen LogP contribution in [0.2, 0.25) is 25.7 Å². The molecule has 0 fully saturated rings. The Morgan fingerprint density at radius 3 is 2.56 bits per heavy atom. The molecule has 0 atom stereocenters. The van der Waals surface area contributed by atoms with E-state index >= 15 is 0 Å². The molecule has 1 aromatic rings. The fourth-order valence-corrected chi connectivity index (χ4v) is 2.07. The van der Waals surface area contributed by atoms with E-state index in [0.29, 0.717) is 19.0 Å². The zero-order valence-electron chi connectivity index (χ0n) is 11.8. The standard InChI is InChI=1S/C11H20N2O3Si.Li/c1-9-10(11(14)15)12-7-13(9)8-16-5-6-17(2,3)4;/h7H,5-6,8H2,1-4H3,(H,14,15);/q;+1/p-1. The summed E-state index contributed by atoms with van der Waals surface area (Å²) in [4.78, 5) is 14.4. The minimum atomic E-state index is -1.25. The van der Waals surface area contributed by atoms with E-state index < -0.39 is 14.0 Å². The summed E-state index contributed by atoms with van der Waals surface area (Å²) in [6.45, 7) is 9.59. The van der Waals surface area contributed by atoms with Crippen LogP contribution in [-0.2, 0) is 11.5 Å². The average Bonchev–Trinajstić information content (AvgIpc) is 2.53. The quantitative estimate of drug-likeness (QED) is 0.434. The zero-order valence-corrected chi connectivity index (χ0v) is 12.8. The summed E-state index contributed by atoms with van der Waals surface area (Å²) in [5.74, 6) is -1.25. The van der Waals surface area contributed by atoms with Crippen LogP contribution in [0.15, 0.2) is 6.33 Å². The number of carbonyl (C=O) groups is 1. The molecule has 0 saturated carbocycles. The first-order chi connectivity index (χ1) is 7.81. The molecule has 1 heterocycles. The molecule has 0 aliphatic carbocycles. The van der Waals surface area contributed by atoms with Crippen LogP contribution in [-0.4, -0.2) is 30.2 Å². The molecular weight excluding hydrogens is 243 g/mol. The summed E-state index contributed by atoms with van der Waals surface area (Å²) >= 11 is 0. The molecule has 96 valence electrons. The predicted octanol–water partition coefficient (Wildman–Crippen LogP) is -2.13. The number of aromatic nitrogens is 2. The molecule has 0 aliphatic rings. The average molecular weight is 262 g/mol. The van der Waals surface area contributed by atoms with Gasteiger partial charge in [-0.1, -0.05) is 19.6 Å². The van der Waals surface area contributed by atoms with Crippen LogP contribution in [0.25, 0.3) is 0 Å². The second-order valence-corrected chi connectivity index (χ2v) is 10.9. The Hall–Kier alpha value is -0.546. The van der Waals surface area contributed by atoms with Crippen molar-refractivity contribution in [1.29, 1.82) is 0 Å². The maximum absolute atomic E-state index is 10.7. The van der Waals surface area contributed by atoms with Gasteiger partial charge in [0.2, 0.25) is 0 Å². The SMILES string of the molecule is Cc1c(C(=O)[O-])ncn1COCC[Si](C)(C)C.[Li+]. The number of nitrogens with zero attached hydrogens (tertiary/aromatic N) is 2. The van der Waals surface area contributed by atoms with Gasteiger partial charge in [-0.2, -0.15) is 0 Å². The largest absolute Gasteiger partial charge is 1.00 e. The fraction of sp³-hybridized carbons (Fsp3) is 0.636. The summed E-state index contributed by atoms with van der Waals surface area (Å²) < 4.78 is 7.19. The van der Waals surface area contributed by atoms with Gasteiger partial charge in [0.1, 0.15) is 12.4 Å². The van der Waals surface area contributed by atoms with Crippen molar-refractivity contribution < 1.29 is 33.5 Å². The first kappa shape index (κ1) is 17.5. The van der Waals surface area contributed by atoms with Gasteiger partial charge in [-0.3, -0.25) is 0 Å². The van der Waals surface area contributed by atoms with Gasteiger partial charge >= 0.3 is 18.9 Å². The molecule has 0 aromatic carbocycles. The van der Waals surface area contributed by atoms with Crippen LogP contribution < -0.4 is 24.0 Å². The van der Waals surface area contributed by atoms with Crippen molar-refractivity contribution in [1.82, 2.24) is 9.55 Å². The van der Waals surface area contributed by atoms with Crippen LogP contribution in [0.5, 0.6) is 0 Å². The third-order valence-corrected chi connectivity index (χ3v) is 4.22. The maximum Gasteiger partial charge on any atom is 1.00 e. The van der Waals surface area contributed by atoms with Gasteiger partial charge in [-0.25, -0.2) is 4.98 Å². The number of imidazole rings is 1. The normalized spacial score (nSPS) is 11.1. The van der Waals surface area contributed by atoms with Gasteiger partial charge in [0.25, 0.3) is 0 Å². The van der Waals surface area contributed by atoms with Crippen molar-refractivity contribution >= 4 is 14.0 Å². The third kappa shape index (κ3) is 5.40. The van der Waals surface area contributed by atoms with E-state index in [0.717, 1.165) is 6.04 Å². The van der Waals surface area contributed by atoms with Gasteiger partial charge in [0.05, 0.1) is 12.3 Å². The molecule has 0 N–H and O–H groups in total. The molecular formula is C11H19LiN2O3Si. The molecule has 0 aliphatic heterocycles. The smallest absolute Gasteiger partial charge is 0.543 e. The number of aromatic carboxylic acids is 1. The number of ether oxygens (including phenoxy) is 1. The monoisotopic (exact) mass is 262 g/mol. The van der Waals surface area contributed by atoms with Gasteiger partial charge in [0.15, 0.2) is 0 Å². The number of hydrogen-bond donors (Lipinski definition) is 0. The second kappa shape index (κ2) is 7.14. The molecule has 0 unspecified atom stereocenters. The second-order valence-electron chi connectivity index (χ2n) is 5.28. The van der Waals surface area contributed by atoms with Gasteiger partial charge < -0.3 is 19.2 Å². The van der Waals surface area contributed by atoms with Crippen LogP contribution in [0, 0.1) is 6.92 Å².